The molecule has 1 unspecified atom stereocenters. The highest BCUT2D eigenvalue weighted by molar-refractivity contribution is 5.27. The van der Waals surface area contributed by atoms with Crippen molar-refractivity contribution >= 4 is 0 Å². The van der Waals surface area contributed by atoms with Crippen LogP contribution in [0.25, 0.3) is 0 Å². The number of hydrogen-bond acceptors (Lipinski definition) is 0. The van der Waals surface area contributed by atoms with Crippen LogP contribution in [0.5, 0.6) is 0 Å². The lowest BCUT2D eigenvalue weighted by Gasteiger charge is -2.34. The first-order valence-corrected chi connectivity index (χ1v) is 6.78. The molecule has 1 atom stereocenters. The Kier molecular flexibility index (Phi) is 1.92. The van der Waals surface area contributed by atoms with Crippen molar-refractivity contribution in [2.75, 3.05) is 0 Å². The summed E-state index contributed by atoms with van der Waals surface area (Å²) in [5, 5.41) is 0. The molecule has 0 aliphatic heterocycles. The Labute approximate surface area is 94.1 Å². The average Bonchev–Trinajstić information content (AvgIpc) is 2.81. The van der Waals surface area contributed by atoms with Crippen LogP contribution in [0.1, 0.15) is 65.2 Å². The highest BCUT2D eigenvalue weighted by Crippen LogP contribution is 2.74. The fourth-order valence-electron chi connectivity index (χ4n) is 4.15. The lowest BCUT2D eigenvalue weighted by Crippen LogP contribution is -2.22. The summed E-state index contributed by atoms with van der Waals surface area (Å²) in [6.07, 6.45) is 17.1. The zero-order valence-corrected chi connectivity index (χ0v) is 10.3. The summed E-state index contributed by atoms with van der Waals surface area (Å²) in [6.45, 7) is 4.76. The van der Waals surface area contributed by atoms with Crippen molar-refractivity contribution in [3.05, 3.63) is 12.2 Å². The molecule has 0 radical (unpaired) electrons. The third-order valence-electron chi connectivity index (χ3n) is 5.46. The minimum absolute atomic E-state index is 0.476. The van der Waals surface area contributed by atoms with Gasteiger partial charge in [0, 0.05) is 0 Å². The molecule has 0 N–H and O–H groups in total. The molecule has 0 aromatic carbocycles. The van der Waals surface area contributed by atoms with Crippen molar-refractivity contribution in [3.63, 3.8) is 0 Å². The van der Waals surface area contributed by atoms with Gasteiger partial charge in [0.2, 0.25) is 0 Å². The minimum Gasteiger partial charge on any atom is -0.0823 e. The maximum Gasteiger partial charge on any atom is -0.00554 e. The molecule has 3 aliphatic rings. The highest BCUT2D eigenvalue weighted by Gasteiger charge is 2.65. The first-order valence-electron chi connectivity index (χ1n) is 6.78. The number of fused-ring (bicyclic) bond motifs is 1. The van der Waals surface area contributed by atoms with E-state index in [2.05, 4.69) is 26.0 Å². The fraction of sp³-hybridized carbons (Fsp3) is 0.867. The van der Waals surface area contributed by atoms with Crippen LogP contribution in [0.2, 0.25) is 0 Å². The molecule has 0 saturated heterocycles. The summed E-state index contributed by atoms with van der Waals surface area (Å²) in [7, 11) is 0. The van der Waals surface area contributed by atoms with Crippen molar-refractivity contribution < 1.29 is 0 Å². The predicted octanol–water partition coefficient (Wildman–Crippen LogP) is 4.70. The maximum atomic E-state index is 2.61. The first-order chi connectivity index (χ1) is 7.08. The van der Waals surface area contributed by atoms with Gasteiger partial charge in [-0.15, -0.1) is 0 Å². The molecular formula is C15H24. The molecule has 3 rings (SSSR count). The Morgan fingerprint density at radius 1 is 0.800 bits per heavy atom. The molecular weight excluding hydrogens is 180 g/mol. The van der Waals surface area contributed by atoms with E-state index in [1.165, 1.54) is 51.4 Å². The highest BCUT2D eigenvalue weighted by atomic mass is 14.7. The van der Waals surface area contributed by atoms with Crippen LogP contribution in [0, 0.1) is 16.2 Å². The SMILES string of the molecule is CC1(C)C=CC2(CC1)CC21CCCCC1. The van der Waals surface area contributed by atoms with Crippen LogP contribution < -0.4 is 0 Å². The molecule has 0 bridgehead atoms. The molecule has 0 aromatic rings. The smallest absolute Gasteiger partial charge is 0.00554 e. The minimum atomic E-state index is 0.476. The largest absolute Gasteiger partial charge is 0.0823 e. The Morgan fingerprint density at radius 3 is 2.13 bits per heavy atom. The summed E-state index contributed by atoms with van der Waals surface area (Å²) < 4.78 is 0. The van der Waals surface area contributed by atoms with E-state index in [0.717, 1.165) is 5.41 Å². The van der Waals surface area contributed by atoms with Crippen LogP contribution in [0.3, 0.4) is 0 Å². The Morgan fingerprint density at radius 2 is 1.53 bits per heavy atom. The van der Waals surface area contributed by atoms with Gasteiger partial charge in [-0.25, -0.2) is 0 Å². The van der Waals surface area contributed by atoms with Crippen LogP contribution in [-0.2, 0) is 0 Å². The first kappa shape index (κ1) is 9.93. The van der Waals surface area contributed by atoms with Gasteiger partial charge in [-0.3, -0.25) is 0 Å². The van der Waals surface area contributed by atoms with E-state index in [1.54, 1.807) is 0 Å². The van der Waals surface area contributed by atoms with Crippen molar-refractivity contribution in [1.29, 1.82) is 0 Å². The molecule has 84 valence electrons. The monoisotopic (exact) mass is 204 g/mol. The Balaban J connectivity index is 1.79. The van der Waals surface area contributed by atoms with Gasteiger partial charge in [-0.2, -0.15) is 0 Å². The molecule has 2 saturated carbocycles. The molecule has 3 aliphatic carbocycles. The van der Waals surface area contributed by atoms with Crippen LogP contribution in [-0.4, -0.2) is 0 Å². The average molecular weight is 204 g/mol. The standard InChI is InChI=1S/C15H24/c1-13(2)8-10-15(11-9-13)12-14(15)6-4-3-5-7-14/h8,10H,3-7,9,11-12H2,1-2H3. The van der Waals surface area contributed by atoms with Gasteiger partial charge in [0.25, 0.3) is 0 Å². The Hall–Kier alpha value is -0.260. The molecule has 0 heterocycles. The number of allylic oxidation sites excluding steroid dienone is 2. The second-order valence-electron chi connectivity index (χ2n) is 7.00. The van der Waals surface area contributed by atoms with Crippen molar-refractivity contribution in [3.8, 4) is 0 Å². The Bertz CT molecular complexity index is 291. The van der Waals surface area contributed by atoms with E-state index in [-0.39, 0.29) is 0 Å². The fourth-order valence-corrected chi connectivity index (χ4v) is 4.15. The second kappa shape index (κ2) is 2.90. The van der Waals surface area contributed by atoms with Gasteiger partial charge in [0.05, 0.1) is 0 Å². The molecule has 0 amide bonds. The zero-order valence-electron chi connectivity index (χ0n) is 10.3. The third-order valence-corrected chi connectivity index (χ3v) is 5.46. The molecule has 2 spiro atoms. The van der Waals surface area contributed by atoms with Crippen molar-refractivity contribution in [2.45, 2.75) is 65.2 Å². The van der Waals surface area contributed by atoms with Crippen molar-refractivity contribution in [1.82, 2.24) is 0 Å². The van der Waals surface area contributed by atoms with Gasteiger partial charge in [0.1, 0.15) is 0 Å². The van der Waals surface area contributed by atoms with Gasteiger partial charge in [-0.05, 0) is 48.3 Å². The van der Waals surface area contributed by atoms with Crippen LogP contribution >= 0.6 is 0 Å². The van der Waals surface area contributed by atoms with E-state index >= 15 is 0 Å². The molecule has 2 fully saturated rings. The topological polar surface area (TPSA) is 0 Å². The molecule has 15 heavy (non-hydrogen) atoms. The molecule has 0 nitrogen and oxygen atoms in total. The van der Waals surface area contributed by atoms with Crippen LogP contribution in [0.4, 0.5) is 0 Å². The van der Waals surface area contributed by atoms with E-state index in [9.17, 15) is 0 Å². The molecule has 0 aromatic heterocycles. The number of hydrogen-bond donors (Lipinski definition) is 0. The van der Waals surface area contributed by atoms with Gasteiger partial charge in [0.15, 0.2) is 0 Å². The predicted molar refractivity (Wildman–Crippen MR) is 64.7 cm³/mol. The van der Waals surface area contributed by atoms with E-state index in [0.29, 0.717) is 10.8 Å². The summed E-state index contributed by atoms with van der Waals surface area (Å²) in [5.74, 6) is 0. The second-order valence-corrected chi connectivity index (χ2v) is 7.00. The van der Waals surface area contributed by atoms with Crippen molar-refractivity contribution in [2.24, 2.45) is 16.2 Å². The lowest BCUT2D eigenvalue weighted by molar-refractivity contribution is 0.237. The van der Waals surface area contributed by atoms with Crippen LogP contribution in [0.15, 0.2) is 12.2 Å². The lowest BCUT2D eigenvalue weighted by atomic mass is 9.71. The van der Waals surface area contributed by atoms with Gasteiger partial charge < -0.3 is 0 Å². The third kappa shape index (κ3) is 1.40. The number of rotatable bonds is 0. The summed E-state index contributed by atoms with van der Waals surface area (Å²) >= 11 is 0. The molecule has 0 heteroatoms. The quantitative estimate of drug-likeness (QED) is 0.502. The van der Waals surface area contributed by atoms with E-state index in [1.807, 2.05) is 0 Å². The van der Waals surface area contributed by atoms with E-state index < -0.39 is 0 Å². The summed E-state index contributed by atoms with van der Waals surface area (Å²) in [5.41, 5.74) is 1.92. The van der Waals surface area contributed by atoms with Gasteiger partial charge in [-0.1, -0.05) is 45.3 Å². The summed E-state index contributed by atoms with van der Waals surface area (Å²) in [6, 6.07) is 0. The zero-order chi connectivity index (χ0) is 10.6. The maximum absolute atomic E-state index is 2.61. The summed E-state index contributed by atoms with van der Waals surface area (Å²) in [4.78, 5) is 0. The van der Waals surface area contributed by atoms with E-state index in [4.69, 9.17) is 0 Å². The normalized spacial score (nSPS) is 40.9. The van der Waals surface area contributed by atoms with Gasteiger partial charge >= 0.3 is 0 Å².